The fourth-order valence-electron chi connectivity index (χ4n) is 2.50. The van der Waals surface area contributed by atoms with Crippen molar-refractivity contribution in [2.45, 2.75) is 32.2 Å². The van der Waals surface area contributed by atoms with Crippen molar-refractivity contribution in [2.24, 2.45) is 0 Å². The van der Waals surface area contributed by atoms with E-state index in [-0.39, 0.29) is 0 Å². The topological polar surface area (TPSA) is 66.6 Å². The van der Waals surface area contributed by atoms with Gasteiger partial charge < -0.3 is 5.73 Å². The molecule has 1 aliphatic heterocycles. The lowest BCUT2D eigenvalue weighted by Gasteiger charge is -2.26. The summed E-state index contributed by atoms with van der Waals surface area (Å²) in [6, 6.07) is 7.35. The maximum atomic E-state index is 12.5. The van der Waals surface area contributed by atoms with E-state index in [0.29, 0.717) is 25.3 Å². The lowest BCUT2D eigenvalue weighted by molar-refractivity contribution is 0.363. The Labute approximate surface area is 121 Å². The van der Waals surface area contributed by atoms with Crippen molar-refractivity contribution in [3.05, 3.63) is 29.8 Å². The summed E-state index contributed by atoms with van der Waals surface area (Å²) in [4.78, 5) is 0. The number of nitrogens with zero attached hydrogens (tertiary/aromatic N) is 2. The molecule has 1 aromatic rings. The van der Waals surface area contributed by atoms with Gasteiger partial charge in [0, 0.05) is 32.4 Å². The molecule has 20 heavy (non-hydrogen) atoms. The van der Waals surface area contributed by atoms with Crippen molar-refractivity contribution in [2.75, 3.05) is 25.9 Å². The third-order valence-electron chi connectivity index (χ3n) is 3.64. The first kappa shape index (κ1) is 15.3. The number of hydrogen-bond acceptors (Lipinski definition) is 3. The molecule has 2 rings (SSSR count). The van der Waals surface area contributed by atoms with Crippen molar-refractivity contribution in [1.29, 1.82) is 0 Å². The SMILES string of the molecule is CN(Cc1cccc(N)c1)S(=O)(=O)N1CCCCCC1. The summed E-state index contributed by atoms with van der Waals surface area (Å²) in [6.45, 7) is 1.61. The molecule has 0 unspecified atom stereocenters. The Morgan fingerprint density at radius 3 is 2.45 bits per heavy atom. The molecular formula is C14H23N3O2S. The highest BCUT2D eigenvalue weighted by molar-refractivity contribution is 7.86. The number of hydrogen-bond donors (Lipinski definition) is 1. The van der Waals surface area contributed by atoms with Crippen LogP contribution in [-0.4, -0.2) is 37.2 Å². The summed E-state index contributed by atoms with van der Waals surface area (Å²) in [7, 11) is -1.74. The monoisotopic (exact) mass is 297 g/mol. The summed E-state index contributed by atoms with van der Waals surface area (Å²) in [5, 5.41) is 0. The van der Waals surface area contributed by atoms with Gasteiger partial charge in [0.05, 0.1) is 0 Å². The fourth-order valence-corrected chi connectivity index (χ4v) is 3.93. The third kappa shape index (κ3) is 3.71. The van der Waals surface area contributed by atoms with Crippen LogP contribution < -0.4 is 5.73 Å². The van der Waals surface area contributed by atoms with E-state index in [1.54, 1.807) is 17.4 Å². The summed E-state index contributed by atoms with van der Waals surface area (Å²) in [5.41, 5.74) is 7.29. The molecule has 0 aromatic heterocycles. The zero-order chi connectivity index (χ0) is 14.6. The summed E-state index contributed by atoms with van der Waals surface area (Å²) < 4.78 is 28.1. The minimum atomic E-state index is -3.37. The standard InChI is InChI=1S/C14H23N3O2S/c1-16(12-13-7-6-8-14(15)11-13)20(18,19)17-9-4-2-3-5-10-17/h6-8,11H,2-5,9-10,12,15H2,1H3. The quantitative estimate of drug-likeness (QED) is 0.862. The molecule has 0 aliphatic carbocycles. The van der Waals surface area contributed by atoms with Gasteiger partial charge in [0.2, 0.25) is 0 Å². The Balaban J connectivity index is 2.08. The Kier molecular flexibility index (Phi) is 5.01. The summed E-state index contributed by atoms with van der Waals surface area (Å²) >= 11 is 0. The lowest BCUT2D eigenvalue weighted by Crippen LogP contribution is -2.42. The maximum Gasteiger partial charge on any atom is 0.282 e. The predicted molar refractivity (Wildman–Crippen MR) is 81.3 cm³/mol. The Hall–Kier alpha value is -1.11. The van der Waals surface area contributed by atoms with Crippen molar-refractivity contribution in [1.82, 2.24) is 8.61 Å². The molecule has 0 atom stereocenters. The Bertz CT molecular complexity index is 537. The number of benzene rings is 1. The van der Waals surface area contributed by atoms with E-state index in [0.717, 1.165) is 31.2 Å². The van der Waals surface area contributed by atoms with Crippen LogP contribution in [0.4, 0.5) is 5.69 Å². The van der Waals surface area contributed by atoms with E-state index in [2.05, 4.69) is 0 Å². The van der Waals surface area contributed by atoms with Crippen molar-refractivity contribution >= 4 is 15.9 Å². The second kappa shape index (κ2) is 6.56. The molecule has 0 radical (unpaired) electrons. The van der Waals surface area contributed by atoms with Crippen LogP contribution >= 0.6 is 0 Å². The molecule has 0 spiro atoms. The first-order valence-corrected chi connectivity index (χ1v) is 8.45. The zero-order valence-electron chi connectivity index (χ0n) is 12.0. The second-order valence-corrected chi connectivity index (χ2v) is 7.36. The average Bonchev–Trinajstić information content (AvgIpc) is 2.67. The van der Waals surface area contributed by atoms with Crippen molar-refractivity contribution < 1.29 is 8.42 Å². The van der Waals surface area contributed by atoms with Crippen molar-refractivity contribution in [3.63, 3.8) is 0 Å². The molecule has 1 heterocycles. The molecular weight excluding hydrogens is 274 g/mol. The van der Waals surface area contributed by atoms with Gasteiger partial charge in [0.15, 0.2) is 0 Å². The summed E-state index contributed by atoms with van der Waals surface area (Å²) in [5.74, 6) is 0. The number of anilines is 1. The van der Waals surface area contributed by atoms with Crippen LogP contribution in [0, 0.1) is 0 Å². The maximum absolute atomic E-state index is 12.5. The van der Waals surface area contributed by atoms with Gasteiger partial charge >= 0.3 is 0 Å². The van der Waals surface area contributed by atoms with Gasteiger partial charge in [-0.1, -0.05) is 25.0 Å². The molecule has 1 saturated heterocycles. The molecule has 1 aromatic carbocycles. The van der Waals surface area contributed by atoms with E-state index in [1.807, 2.05) is 18.2 Å². The van der Waals surface area contributed by atoms with E-state index < -0.39 is 10.2 Å². The van der Waals surface area contributed by atoms with Crippen LogP contribution in [-0.2, 0) is 16.8 Å². The highest BCUT2D eigenvalue weighted by atomic mass is 32.2. The first-order valence-electron chi connectivity index (χ1n) is 7.06. The molecule has 0 bridgehead atoms. The highest BCUT2D eigenvalue weighted by Crippen LogP contribution is 2.17. The van der Waals surface area contributed by atoms with Gasteiger partial charge in [-0.2, -0.15) is 17.0 Å². The largest absolute Gasteiger partial charge is 0.399 e. The Morgan fingerprint density at radius 1 is 1.20 bits per heavy atom. The smallest absolute Gasteiger partial charge is 0.282 e. The van der Waals surface area contributed by atoms with Gasteiger partial charge in [0.25, 0.3) is 10.2 Å². The van der Waals surface area contributed by atoms with E-state index in [1.165, 1.54) is 4.31 Å². The lowest BCUT2D eigenvalue weighted by atomic mass is 10.2. The third-order valence-corrected chi connectivity index (χ3v) is 5.58. The molecule has 112 valence electrons. The molecule has 0 amide bonds. The first-order chi connectivity index (χ1) is 9.50. The molecule has 2 N–H and O–H groups in total. The van der Waals surface area contributed by atoms with Crippen molar-refractivity contribution in [3.8, 4) is 0 Å². The van der Waals surface area contributed by atoms with E-state index in [9.17, 15) is 8.42 Å². The second-order valence-electron chi connectivity index (χ2n) is 5.32. The normalized spacial score (nSPS) is 18.1. The highest BCUT2D eigenvalue weighted by Gasteiger charge is 2.27. The van der Waals surface area contributed by atoms with Crippen LogP contribution in [0.15, 0.2) is 24.3 Å². The minimum absolute atomic E-state index is 0.351. The molecule has 1 fully saturated rings. The van der Waals surface area contributed by atoms with Crippen LogP contribution in [0.1, 0.15) is 31.2 Å². The van der Waals surface area contributed by atoms with E-state index in [4.69, 9.17) is 5.73 Å². The molecule has 1 aliphatic rings. The van der Waals surface area contributed by atoms with Crippen LogP contribution in [0.5, 0.6) is 0 Å². The number of nitrogens with two attached hydrogens (primary N) is 1. The molecule has 0 saturated carbocycles. The summed E-state index contributed by atoms with van der Waals surface area (Å²) in [6.07, 6.45) is 4.13. The van der Waals surface area contributed by atoms with Gasteiger partial charge in [-0.15, -0.1) is 0 Å². The fraction of sp³-hybridized carbons (Fsp3) is 0.571. The van der Waals surface area contributed by atoms with E-state index >= 15 is 0 Å². The Morgan fingerprint density at radius 2 is 1.85 bits per heavy atom. The number of rotatable bonds is 4. The molecule has 5 nitrogen and oxygen atoms in total. The van der Waals surface area contributed by atoms with Gasteiger partial charge in [0.1, 0.15) is 0 Å². The van der Waals surface area contributed by atoms with Gasteiger partial charge in [-0.05, 0) is 30.5 Å². The van der Waals surface area contributed by atoms with Crippen LogP contribution in [0.2, 0.25) is 0 Å². The van der Waals surface area contributed by atoms with Crippen LogP contribution in [0.3, 0.4) is 0 Å². The zero-order valence-corrected chi connectivity index (χ0v) is 12.8. The van der Waals surface area contributed by atoms with Gasteiger partial charge in [-0.25, -0.2) is 0 Å². The minimum Gasteiger partial charge on any atom is -0.399 e. The predicted octanol–water partition coefficient (Wildman–Crippen LogP) is 1.82. The average molecular weight is 297 g/mol. The van der Waals surface area contributed by atoms with Crippen LogP contribution in [0.25, 0.3) is 0 Å². The van der Waals surface area contributed by atoms with Gasteiger partial charge in [-0.3, -0.25) is 0 Å². The molecule has 6 heteroatoms. The number of nitrogen functional groups attached to an aromatic ring is 1.